The Morgan fingerprint density at radius 3 is 1.02 bits per heavy atom. The fourth-order valence-electron chi connectivity index (χ4n) is 11.6. The van der Waals surface area contributed by atoms with Gasteiger partial charge < -0.3 is 40.3 Å². The molecule has 9 heteroatoms. The van der Waals surface area contributed by atoms with Crippen LogP contribution in [0.5, 0.6) is 0 Å². The molecule has 0 aliphatic carbocycles. The van der Waals surface area contributed by atoms with Crippen molar-refractivity contribution in [2.24, 2.45) is 0 Å². The molecule has 1 aliphatic heterocycles. The fourth-order valence-corrected chi connectivity index (χ4v) is 11.6. The molecule has 7 unspecified atom stereocenters. The standard InChI is InChI=1S/C85H145NO8/c1-3-5-7-9-11-13-15-17-19-21-23-25-27-29-31-33-35-36-37-38-39-40-41-42-43-44-45-47-49-51-53-55-57-59-61-63-65-67-69-71-73-75-81(89)86-78(77-93-85-84(92)83(91)82(90)80(76-87)94-85)79(88)74-72-70-68-66-64-62-60-58-56-54-52-50-48-46-34-32-30-28-26-24-22-20-18-16-14-12-10-8-6-4-2/h5,7,11,13,17,19,23,25,29,31,35-36,38-39,41-42,44-45,56,58,64,66,72,74,78-80,82-85,87-88,90-92H,3-4,6,8-10,12,14-16,18,20-22,24,26-28,30,32-34,37,40,43,46-55,57,59-63,65,67-71,73,75-77H2,1-2H3,(H,86,89)/b7-5-,13-11-,19-17-,25-23-,31-29-,36-35-,39-38-,42-41-,45-44-,58-56+,66-64+,74-72+. The number of aliphatic hydroxyl groups is 5. The van der Waals surface area contributed by atoms with Crippen molar-refractivity contribution < 1.29 is 39.8 Å². The van der Waals surface area contributed by atoms with Gasteiger partial charge in [0, 0.05) is 6.42 Å². The Balaban J connectivity index is 2.14. The minimum atomic E-state index is -1.58. The first-order chi connectivity index (χ1) is 46.3. The number of hydrogen-bond donors (Lipinski definition) is 6. The molecule has 1 saturated heterocycles. The maximum atomic E-state index is 13.2. The molecule has 0 bridgehead atoms. The van der Waals surface area contributed by atoms with Crippen molar-refractivity contribution in [2.75, 3.05) is 13.2 Å². The van der Waals surface area contributed by atoms with Crippen molar-refractivity contribution in [1.82, 2.24) is 5.32 Å². The average Bonchev–Trinajstić information content (AvgIpc) is 0.831. The van der Waals surface area contributed by atoms with E-state index >= 15 is 0 Å². The molecule has 538 valence electrons. The van der Waals surface area contributed by atoms with E-state index in [0.29, 0.717) is 6.42 Å². The van der Waals surface area contributed by atoms with Gasteiger partial charge in [0.05, 0.1) is 25.4 Å². The molecule has 0 aromatic heterocycles. The van der Waals surface area contributed by atoms with E-state index in [2.05, 4.69) is 153 Å². The van der Waals surface area contributed by atoms with Crippen LogP contribution in [0.2, 0.25) is 0 Å². The van der Waals surface area contributed by atoms with Gasteiger partial charge in [0.25, 0.3) is 0 Å². The Bertz CT molecular complexity index is 2010. The van der Waals surface area contributed by atoms with Crippen molar-refractivity contribution in [3.63, 3.8) is 0 Å². The van der Waals surface area contributed by atoms with Gasteiger partial charge in [-0.25, -0.2) is 0 Å². The number of rotatable bonds is 67. The van der Waals surface area contributed by atoms with Crippen LogP contribution in [0.25, 0.3) is 0 Å². The lowest BCUT2D eigenvalue weighted by Gasteiger charge is -2.40. The summed E-state index contributed by atoms with van der Waals surface area (Å²) >= 11 is 0. The number of allylic oxidation sites excluding steroid dienone is 23. The van der Waals surface area contributed by atoms with Crippen molar-refractivity contribution >= 4 is 5.91 Å². The number of aliphatic hydroxyl groups excluding tert-OH is 5. The Hall–Kier alpha value is -3.93. The van der Waals surface area contributed by atoms with Gasteiger partial charge in [0.2, 0.25) is 5.91 Å². The zero-order valence-corrected chi connectivity index (χ0v) is 60.4. The number of ether oxygens (including phenoxy) is 2. The predicted octanol–water partition coefficient (Wildman–Crippen LogP) is 22.5. The molecule has 94 heavy (non-hydrogen) atoms. The predicted molar refractivity (Wildman–Crippen MR) is 405 cm³/mol. The number of amides is 1. The summed E-state index contributed by atoms with van der Waals surface area (Å²) in [6, 6.07) is -0.840. The van der Waals surface area contributed by atoms with E-state index < -0.39 is 49.5 Å². The molecule has 1 fully saturated rings. The molecule has 0 aromatic rings. The summed E-state index contributed by atoms with van der Waals surface area (Å²) in [5.74, 6) is -0.194. The topological polar surface area (TPSA) is 149 Å². The zero-order chi connectivity index (χ0) is 67.8. The first kappa shape index (κ1) is 88.1. The third-order valence-electron chi connectivity index (χ3n) is 17.6. The Labute approximate surface area is 578 Å². The summed E-state index contributed by atoms with van der Waals surface area (Å²) in [6.07, 6.45) is 104. The molecule has 1 aliphatic rings. The lowest BCUT2D eigenvalue weighted by atomic mass is 9.99. The molecule has 1 rings (SSSR count). The van der Waals surface area contributed by atoms with Gasteiger partial charge in [-0.15, -0.1) is 0 Å². The number of carbonyl (C=O) groups is 1. The highest BCUT2D eigenvalue weighted by Gasteiger charge is 2.44. The largest absolute Gasteiger partial charge is 0.394 e. The Morgan fingerprint density at radius 2 is 0.670 bits per heavy atom. The van der Waals surface area contributed by atoms with Crippen LogP contribution in [-0.4, -0.2) is 87.5 Å². The van der Waals surface area contributed by atoms with Crippen molar-refractivity contribution in [2.45, 2.75) is 371 Å². The first-order valence-corrected chi connectivity index (χ1v) is 39.1. The molecule has 1 amide bonds. The van der Waals surface area contributed by atoms with Gasteiger partial charge in [-0.3, -0.25) is 4.79 Å². The van der Waals surface area contributed by atoms with Gasteiger partial charge in [-0.1, -0.05) is 352 Å². The van der Waals surface area contributed by atoms with E-state index in [0.717, 1.165) is 103 Å². The van der Waals surface area contributed by atoms with Crippen LogP contribution in [0, 0.1) is 0 Å². The first-order valence-electron chi connectivity index (χ1n) is 39.1. The lowest BCUT2D eigenvalue weighted by Crippen LogP contribution is -2.60. The highest BCUT2D eigenvalue weighted by Crippen LogP contribution is 2.23. The molecular weight excluding hydrogens is 1160 g/mol. The average molecular weight is 1310 g/mol. The number of hydrogen-bond acceptors (Lipinski definition) is 8. The van der Waals surface area contributed by atoms with Crippen LogP contribution < -0.4 is 5.32 Å². The van der Waals surface area contributed by atoms with Gasteiger partial charge in [0.1, 0.15) is 24.4 Å². The van der Waals surface area contributed by atoms with E-state index in [-0.39, 0.29) is 12.5 Å². The summed E-state index contributed by atoms with van der Waals surface area (Å²) in [6.45, 7) is 3.67. The maximum Gasteiger partial charge on any atom is 0.220 e. The van der Waals surface area contributed by atoms with Gasteiger partial charge in [-0.2, -0.15) is 0 Å². The fraction of sp³-hybridized carbons (Fsp3) is 0.706. The highest BCUT2D eigenvalue weighted by atomic mass is 16.7. The highest BCUT2D eigenvalue weighted by molar-refractivity contribution is 5.76. The van der Waals surface area contributed by atoms with Gasteiger partial charge in [-0.05, 0) is 116 Å². The monoisotopic (exact) mass is 1310 g/mol. The molecule has 0 aromatic carbocycles. The molecule has 9 nitrogen and oxygen atoms in total. The summed E-state index contributed by atoms with van der Waals surface area (Å²) in [4.78, 5) is 13.2. The Kier molecular flexibility index (Phi) is 67.3. The summed E-state index contributed by atoms with van der Waals surface area (Å²) in [7, 11) is 0. The van der Waals surface area contributed by atoms with Crippen LogP contribution in [0.3, 0.4) is 0 Å². The van der Waals surface area contributed by atoms with Crippen LogP contribution in [0.15, 0.2) is 146 Å². The minimum Gasteiger partial charge on any atom is -0.394 e. The smallest absolute Gasteiger partial charge is 0.220 e. The molecular formula is C85H145NO8. The number of nitrogens with one attached hydrogen (secondary N) is 1. The van der Waals surface area contributed by atoms with Crippen molar-refractivity contribution in [1.29, 1.82) is 0 Å². The van der Waals surface area contributed by atoms with E-state index in [4.69, 9.17) is 9.47 Å². The van der Waals surface area contributed by atoms with E-state index in [1.807, 2.05) is 6.08 Å². The lowest BCUT2D eigenvalue weighted by molar-refractivity contribution is -0.302. The maximum absolute atomic E-state index is 13.2. The second-order valence-electron chi connectivity index (χ2n) is 26.4. The van der Waals surface area contributed by atoms with Crippen LogP contribution in [0.1, 0.15) is 328 Å². The van der Waals surface area contributed by atoms with Crippen LogP contribution >= 0.6 is 0 Å². The quantitative estimate of drug-likeness (QED) is 0.0261. The number of unbranched alkanes of at least 4 members (excludes halogenated alkanes) is 35. The van der Waals surface area contributed by atoms with Crippen LogP contribution in [0.4, 0.5) is 0 Å². The van der Waals surface area contributed by atoms with Crippen molar-refractivity contribution in [3.8, 4) is 0 Å². The Morgan fingerprint density at radius 1 is 0.372 bits per heavy atom. The van der Waals surface area contributed by atoms with Gasteiger partial charge in [0.15, 0.2) is 6.29 Å². The molecule has 1 heterocycles. The van der Waals surface area contributed by atoms with E-state index in [1.165, 1.54) is 205 Å². The van der Waals surface area contributed by atoms with E-state index in [1.54, 1.807) is 6.08 Å². The van der Waals surface area contributed by atoms with Gasteiger partial charge >= 0.3 is 0 Å². The van der Waals surface area contributed by atoms with E-state index in [9.17, 15) is 30.3 Å². The summed E-state index contributed by atoms with van der Waals surface area (Å²) in [5, 5.41) is 54.8. The SMILES string of the molecule is CC/C=C\C/C=C\C/C=C\C/C=C\C/C=C\C/C=C\C/C=C\C/C=C\C/C=C\CCCCCCCCCCCCCCCC(=O)NC(COC1OC(CO)C(O)C(O)C1O)C(O)/C=C/CC/C=C/CC/C=C/CCCCCCCCCCCCCCCCCCCCCC. The minimum absolute atomic E-state index is 0.194. The second-order valence-corrected chi connectivity index (χ2v) is 26.4. The molecule has 6 N–H and O–H groups in total. The molecule has 0 saturated carbocycles. The third kappa shape index (κ3) is 59.3. The summed E-state index contributed by atoms with van der Waals surface area (Å²) in [5.41, 5.74) is 0. The molecule has 7 atom stereocenters. The van der Waals surface area contributed by atoms with Crippen molar-refractivity contribution in [3.05, 3.63) is 146 Å². The molecule has 0 radical (unpaired) electrons. The zero-order valence-electron chi connectivity index (χ0n) is 60.4. The second kappa shape index (κ2) is 71.8. The number of carbonyl (C=O) groups excluding carboxylic acids is 1. The third-order valence-corrected chi connectivity index (χ3v) is 17.6. The molecule has 0 spiro atoms. The van der Waals surface area contributed by atoms with Crippen LogP contribution in [-0.2, 0) is 14.3 Å². The normalized spacial score (nSPS) is 18.4. The summed E-state index contributed by atoms with van der Waals surface area (Å²) < 4.78 is 11.3.